The lowest BCUT2D eigenvalue weighted by Gasteiger charge is -2.55. The van der Waals surface area contributed by atoms with Crippen molar-refractivity contribution in [3.63, 3.8) is 0 Å². The van der Waals surface area contributed by atoms with Crippen LogP contribution in [0, 0.1) is 23.2 Å². The van der Waals surface area contributed by atoms with Gasteiger partial charge in [-0.05, 0) is 105 Å². The number of rotatable bonds is 4. The highest BCUT2D eigenvalue weighted by atomic mass is 32.1. The smallest absolute Gasteiger partial charge is 0.232 e. The van der Waals surface area contributed by atoms with Crippen molar-refractivity contribution >= 4 is 28.9 Å². The molecule has 0 spiro atoms. The zero-order valence-electron chi connectivity index (χ0n) is 16.4. The van der Waals surface area contributed by atoms with E-state index >= 15 is 0 Å². The molecule has 150 valence electrons. The normalized spacial score (nSPS) is 29.3. The molecular weight excluding hydrogens is 380 g/mol. The second-order valence-electron chi connectivity index (χ2n) is 9.05. The van der Waals surface area contributed by atoms with Crippen LogP contribution in [0.3, 0.4) is 0 Å². The van der Waals surface area contributed by atoms with Gasteiger partial charge in [-0.3, -0.25) is 4.79 Å². The van der Waals surface area contributed by atoms with Gasteiger partial charge in [0, 0.05) is 5.69 Å². The summed E-state index contributed by atoms with van der Waals surface area (Å²) in [5.41, 5.74) is 0.648. The first kappa shape index (κ1) is 18.6. The van der Waals surface area contributed by atoms with Gasteiger partial charge in [-0.1, -0.05) is 18.2 Å². The molecule has 0 aliphatic heterocycles. The summed E-state index contributed by atoms with van der Waals surface area (Å²) in [5, 5.41) is 6.51. The quantitative estimate of drug-likeness (QED) is 0.658. The van der Waals surface area contributed by atoms with Gasteiger partial charge in [0.05, 0.1) is 5.41 Å². The molecular formula is C24H26N2O2S. The number of carbonyl (C=O) groups is 1. The van der Waals surface area contributed by atoms with Gasteiger partial charge in [-0.15, -0.1) is 0 Å². The number of hydrogen-bond donors (Lipinski definition) is 2. The predicted molar refractivity (Wildman–Crippen MR) is 118 cm³/mol. The molecule has 0 radical (unpaired) electrons. The third-order valence-electron chi connectivity index (χ3n) is 6.84. The van der Waals surface area contributed by atoms with Crippen molar-refractivity contribution in [2.75, 3.05) is 5.32 Å². The lowest BCUT2D eigenvalue weighted by molar-refractivity contribution is -0.144. The van der Waals surface area contributed by atoms with Crippen molar-refractivity contribution in [2.24, 2.45) is 23.2 Å². The van der Waals surface area contributed by atoms with Gasteiger partial charge >= 0.3 is 0 Å². The standard InChI is InChI=1S/C24H26N2O2S/c27-22(24-13-16-10-17(14-24)12-18(11-16)15-24)26-23(29)25-19-6-8-21(9-7-19)28-20-4-2-1-3-5-20/h1-9,16-18H,10-15H2,(H2,25,26,27,29). The fraction of sp³-hybridized carbons (Fsp3) is 0.417. The molecule has 4 nitrogen and oxygen atoms in total. The average molecular weight is 407 g/mol. The van der Waals surface area contributed by atoms with Gasteiger partial charge < -0.3 is 15.4 Å². The minimum atomic E-state index is -0.187. The third kappa shape index (κ3) is 3.88. The van der Waals surface area contributed by atoms with E-state index in [1.54, 1.807) is 0 Å². The molecule has 4 saturated carbocycles. The van der Waals surface area contributed by atoms with Crippen molar-refractivity contribution in [2.45, 2.75) is 38.5 Å². The second-order valence-corrected chi connectivity index (χ2v) is 9.45. The molecule has 4 fully saturated rings. The molecule has 4 aliphatic rings. The summed E-state index contributed by atoms with van der Waals surface area (Å²) in [5.74, 6) is 3.90. The molecule has 2 aromatic carbocycles. The van der Waals surface area contributed by atoms with Crippen molar-refractivity contribution < 1.29 is 9.53 Å². The monoisotopic (exact) mass is 406 g/mol. The summed E-state index contributed by atoms with van der Waals surface area (Å²) < 4.78 is 5.81. The minimum Gasteiger partial charge on any atom is -0.457 e. The molecule has 0 unspecified atom stereocenters. The Morgan fingerprint density at radius 2 is 1.41 bits per heavy atom. The van der Waals surface area contributed by atoms with Crippen LogP contribution in [0.2, 0.25) is 0 Å². The summed E-state index contributed by atoms with van der Waals surface area (Å²) in [7, 11) is 0. The van der Waals surface area contributed by atoms with Crippen LogP contribution in [0.15, 0.2) is 54.6 Å². The Morgan fingerprint density at radius 3 is 2.00 bits per heavy atom. The van der Waals surface area contributed by atoms with Crippen LogP contribution < -0.4 is 15.4 Å². The van der Waals surface area contributed by atoms with Crippen molar-refractivity contribution in [1.82, 2.24) is 5.32 Å². The van der Waals surface area contributed by atoms with Gasteiger partial charge in [0.15, 0.2) is 5.11 Å². The Bertz CT molecular complexity index is 875. The summed E-state index contributed by atoms with van der Waals surface area (Å²) in [6.07, 6.45) is 7.10. The number of hydrogen-bond acceptors (Lipinski definition) is 3. The molecule has 29 heavy (non-hydrogen) atoms. The van der Waals surface area contributed by atoms with Crippen LogP contribution in [0.4, 0.5) is 5.69 Å². The molecule has 6 rings (SSSR count). The Morgan fingerprint density at radius 1 is 0.862 bits per heavy atom. The summed E-state index contributed by atoms with van der Waals surface area (Å²) >= 11 is 5.43. The van der Waals surface area contributed by atoms with Crippen molar-refractivity contribution in [1.29, 1.82) is 0 Å². The maximum Gasteiger partial charge on any atom is 0.232 e. The second kappa shape index (κ2) is 7.45. The fourth-order valence-corrected chi connectivity index (χ4v) is 6.23. The van der Waals surface area contributed by atoms with Crippen molar-refractivity contribution in [3.05, 3.63) is 54.6 Å². The van der Waals surface area contributed by atoms with Crippen LogP contribution in [0.1, 0.15) is 38.5 Å². The largest absolute Gasteiger partial charge is 0.457 e. The van der Waals surface area contributed by atoms with Gasteiger partial charge in [-0.25, -0.2) is 0 Å². The van der Waals surface area contributed by atoms with Gasteiger partial charge in [0.2, 0.25) is 5.91 Å². The van der Waals surface area contributed by atoms with Gasteiger partial charge in [0.25, 0.3) is 0 Å². The molecule has 4 aliphatic carbocycles. The van der Waals surface area contributed by atoms with E-state index in [0.717, 1.165) is 54.2 Å². The first-order chi connectivity index (χ1) is 14.1. The van der Waals surface area contributed by atoms with Crippen LogP contribution in [-0.4, -0.2) is 11.0 Å². The van der Waals surface area contributed by atoms with Gasteiger partial charge in [0.1, 0.15) is 11.5 Å². The van der Waals surface area contributed by atoms with Crippen LogP contribution in [0.5, 0.6) is 11.5 Å². The Kier molecular flexibility index (Phi) is 4.78. The molecule has 2 aromatic rings. The summed E-state index contributed by atoms with van der Waals surface area (Å²) in [6, 6.07) is 17.3. The van der Waals surface area contributed by atoms with Crippen molar-refractivity contribution in [3.8, 4) is 11.5 Å². The van der Waals surface area contributed by atoms with E-state index in [4.69, 9.17) is 17.0 Å². The summed E-state index contributed by atoms with van der Waals surface area (Å²) in [6.45, 7) is 0. The number of thiocarbonyl (C=S) groups is 1. The highest BCUT2D eigenvalue weighted by molar-refractivity contribution is 7.80. The first-order valence-electron chi connectivity index (χ1n) is 10.5. The Balaban J connectivity index is 1.18. The highest BCUT2D eigenvalue weighted by Gasteiger charge is 2.54. The third-order valence-corrected chi connectivity index (χ3v) is 7.04. The lowest BCUT2D eigenvalue weighted by atomic mass is 9.49. The minimum absolute atomic E-state index is 0.123. The number of ether oxygens (including phenoxy) is 1. The van der Waals surface area contributed by atoms with Crippen LogP contribution in [0.25, 0.3) is 0 Å². The molecule has 0 heterocycles. The number of para-hydroxylation sites is 1. The zero-order chi connectivity index (χ0) is 19.8. The molecule has 1 amide bonds. The maximum atomic E-state index is 13.1. The highest BCUT2D eigenvalue weighted by Crippen LogP contribution is 2.60. The van der Waals surface area contributed by atoms with E-state index in [1.807, 2.05) is 54.6 Å². The number of nitrogens with one attached hydrogen (secondary N) is 2. The summed E-state index contributed by atoms with van der Waals surface area (Å²) in [4.78, 5) is 13.1. The number of amides is 1. The van der Waals surface area contributed by atoms with Crippen LogP contribution >= 0.6 is 12.2 Å². The predicted octanol–water partition coefficient (Wildman–Crippen LogP) is 5.51. The number of anilines is 1. The van der Waals surface area contributed by atoms with E-state index in [0.29, 0.717) is 5.11 Å². The Labute approximate surface area is 177 Å². The molecule has 5 heteroatoms. The molecule has 2 N–H and O–H groups in total. The molecule has 0 atom stereocenters. The SMILES string of the molecule is O=C(NC(=S)Nc1ccc(Oc2ccccc2)cc1)C12CC3CC(CC(C3)C1)C2. The number of benzene rings is 2. The van der Waals surface area contributed by atoms with E-state index in [2.05, 4.69) is 10.6 Å². The van der Waals surface area contributed by atoms with Gasteiger partial charge in [-0.2, -0.15) is 0 Å². The molecule has 4 bridgehead atoms. The lowest BCUT2D eigenvalue weighted by Crippen LogP contribution is -2.55. The maximum absolute atomic E-state index is 13.1. The van der Waals surface area contributed by atoms with E-state index in [1.165, 1.54) is 19.3 Å². The van der Waals surface area contributed by atoms with E-state index in [-0.39, 0.29) is 11.3 Å². The van der Waals surface area contributed by atoms with E-state index < -0.39 is 0 Å². The fourth-order valence-electron chi connectivity index (χ4n) is 6.02. The average Bonchev–Trinajstić information content (AvgIpc) is 2.69. The Hall–Kier alpha value is -2.40. The zero-order valence-corrected chi connectivity index (χ0v) is 17.2. The topological polar surface area (TPSA) is 50.4 Å². The van der Waals surface area contributed by atoms with Crippen LogP contribution in [-0.2, 0) is 4.79 Å². The molecule has 0 saturated heterocycles. The molecule has 0 aromatic heterocycles. The number of carbonyl (C=O) groups excluding carboxylic acids is 1. The first-order valence-corrected chi connectivity index (χ1v) is 10.9. The van der Waals surface area contributed by atoms with E-state index in [9.17, 15) is 4.79 Å².